The number of carbonyl (C=O) groups is 1. The lowest BCUT2D eigenvalue weighted by atomic mass is 9.84. The van der Waals surface area contributed by atoms with Gasteiger partial charge >= 0.3 is 0 Å². The fourth-order valence-electron chi connectivity index (χ4n) is 3.41. The molecule has 1 N–H and O–H groups in total. The minimum absolute atomic E-state index is 0.0531. The SMILES string of the molecule is CCCS(=O)(=O)N1CCCCC1C(=O)NCC(C)(C)c1ccccc1F. The summed E-state index contributed by atoms with van der Waals surface area (Å²) in [5, 5.41) is 2.85. The third-order valence-electron chi connectivity index (χ3n) is 4.88. The number of amides is 1. The summed E-state index contributed by atoms with van der Waals surface area (Å²) in [4.78, 5) is 12.7. The summed E-state index contributed by atoms with van der Waals surface area (Å²) < 4.78 is 40.3. The van der Waals surface area contributed by atoms with Crippen LogP contribution in [-0.4, -0.2) is 43.5 Å². The van der Waals surface area contributed by atoms with Crippen LogP contribution in [0.15, 0.2) is 24.3 Å². The van der Waals surface area contributed by atoms with E-state index in [1.54, 1.807) is 18.2 Å². The van der Waals surface area contributed by atoms with E-state index in [1.807, 2.05) is 20.8 Å². The van der Waals surface area contributed by atoms with Crippen molar-refractivity contribution < 1.29 is 17.6 Å². The van der Waals surface area contributed by atoms with Gasteiger partial charge in [0, 0.05) is 18.5 Å². The molecule has 1 aromatic rings. The fourth-order valence-corrected chi connectivity index (χ4v) is 5.15. The first kappa shape index (κ1) is 20.8. The van der Waals surface area contributed by atoms with Crippen molar-refractivity contribution in [3.8, 4) is 0 Å². The summed E-state index contributed by atoms with van der Waals surface area (Å²) in [6.45, 7) is 6.16. The van der Waals surface area contributed by atoms with Crippen LogP contribution in [0.2, 0.25) is 0 Å². The van der Waals surface area contributed by atoms with Gasteiger partial charge in [0.15, 0.2) is 0 Å². The van der Waals surface area contributed by atoms with Crippen LogP contribution >= 0.6 is 0 Å². The van der Waals surface area contributed by atoms with Crippen molar-refractivity contribution in [1.82, 2.24) is 9.62 Å². The molecule has 1 unspecified atom stereocenters. The second-order valence-electron chi connectivity index (χ2n) is 7.52. The number of piperidine rings is 1. The van der Waals surface area contributed by atoms with Gasteiger partial charge in [-0.05, 0) is 30.9 Å². The van der Waals surface area contributed by atoms with Crippen LogP contribution < -0.4 is 5.32 Å². The number of carbonyl (C=O) groups excluding carboxylic acids is 1. The molecule has 1 aliphatic heterocycles. The van der Waals surface area contributed by atoms with Gasteiger partial charge in [0.2, 0.25) is 15.9 Å². The van der Waals surface area contributed by atoms with Crippen molar-refractivity contribution in [3.05, 3.63) is 35.6 Å². The predicted molar refractivity (Wildman–Crippen MR) is 101 cm³/mol. The van der Waals surface area contributed by atoms with Gasteiger partial charge in [0.25, 0.3) is 0 Å². The third-order valence-corrected chi connectivity index (χ3v) is 6.96. The lowest BCUT2D eigenvalue weighted by molar-refractivity contribution is -0.125. The van der Waals surface area contributed by atoms with Crippen molar-refractivity contribution in [2.75, 3.05) is 18.8 Å². The molecule has 7 heteroatoms. The largest absolute Gasteiger partial charge is 0.354 e. The number of rotatable bonds is 7. The Bertz CT molecular complexity index is 734. The predicted octanol–water partition coefficient (Wildman–Crippen LogP) is 2.81. The van der Waals surface area contributed by atoms with Crippen molar-refractivity contribution in [3.63, 3.8) is 0 Å². The first-order valence-corrected chi connectivity index (χ1v) is 10.8. The summed E-state index contributed by atoms with van der Waals surface area (Å²) in [6.07, 6.45) is 2.64. The zero-order valence-electron chi connectivity index (χ0n) is 15.8. The van der Waals surface area contributed by atoms with Crippen LogP contribution in [0.5, 0.6) is 0 Å². The summed E-state index contributed by atoms with van der Waals surface area (Å²) in [7, 11) is -3.43. The average molecular weight is 385 g/mol. The molecule has 1 amide bonds. The van der Waals surface area contributed by atoms with Gasteiger partial charge in [-0.2, -0.15) is 4.31 Å². The molecular formula is C19H29FN2O3S. The van der Waals surface area contributed by atoms with Gasteiger partial charge in [-0.3, -0.25) is 4.79 Å². The Balaban J connectivity index is 2.09. The van der Waals surface area contributed by atoms with Gasteiger partial charge in [-0.25, -0.2) is 12.8 Å². The highest BCUT2D eigenvalue weighted by Gasteiger charge is 2.36. The lowest BCUT2D eigenvalue weighted by Crippen LogP contribution is -2.53. The van der Waals surface area contributed by atoms with Gasteiger partial charge < -0.3 is 5.32 Å². The fraction of sp³-hybridized carbons (Fsp3) is 0.632. The second-order valence-corrected chi connectivity index (χ2v) is 9.56. The van der Waals surface area contributed by atoms with E-state index in [2.05, 4.69) is 5.32 Å². The average Bonchev–Trinajstić information content (AvgIpc) is 2.60. The maximum absolute atomic E-state index is 14.1. The summed E-state index contributed by atoms with van der Waals surface area (Å²) in [5.41, 5.74) is -0.0672. The first-order chi connectivity index (χ1) is 12.2. The van der Waals surface area contributed by atoms with E-state index in [0.717, 1.165) is 12.8 Å². The molecule has 26 heavy (non-hydrogen) atoms. The third kappa shape index (κ3) is 4.82. The van der Waals surface area contributed by atoms with Crippen LogP contribution in [0.4, 0.5) is 4.39 Å². The highest BCUT2D eigenvalue weighted by molar-refractivity contribution is 7.89. The molecule has 5 nitrogen and oxygen atoms in total. The molecule has 0 spiro atoms. The molecule has 1 aliphatic rings. The molecule has 1 atom stereocenters. The molecular weight excluding hydrogens is 355 g/mol. The highest BCUT2D eigenvalue weighted by atomic mass is 32.2. The van der Waals surface area contributed by atoms with E-state index >= 15 is 0 Å². The monoisotopic (exact) mass is 384 g/mol. The molecule has 0 aliphatic carbocycles. The number of halogens is 1. The van der Waals surface area contributed by atoms with Crippen LogP contribution in [-0.2, 0) is 20.2 Å². The minimum Gasteiger partial charge on any atom is -0.354 e. The smallest absolute Gasteiger partial charge is 0.238 e. The highest BCUT2D eigenvalue weighted by Crippen LogP contribution is 2.26. The van der Waals surface area contributed by atoms with E-state index in [4.69, 9.17) is 0 Å². The molecule has 1 saturated heterocycles. The second kappa shape index (κ2) is 8.48. The quantitative estimate of drug-likeness (QED) is 0.786. The zero-order valence-corrected chi connectivity index (χ0v) is 16.6. The Morgan fingerprint density at radius 3 is 2.65 bits per heavy atom. The maximum Gasteiger partial charge on any atom is 0.238 e. The Labute approximate surface area is 156 Å². The molecule has 0 aromatic heterocycles. The number of sulfonamides is 1. The number of hydrogen-bond acceptors (Lipinski definition) is 3. The molecule has 1 fully saturated rings. The Morgan fingerprint density at radius 2 is 2.00 bits per heavy atom. The Morgan fingerprint density at radius 1 is 1.31 bits per heavy atom. The van der Waals surface area contributed by atoms with E-state index in [9.17, 15) is 17.6 Å². The van der Waals surface area contributed by atoms with Gasteiger partial charge in [-0.15, -0.1) is 0 Å². The summed E-state index contributed by atoms with van der Waals surface area (Å²) in [6, 6.07) is 5.84. The summed E-state index contributed by atoms with van der Waals surface area (Å²) in [5.74, 6) is -0.553. The molecule has 0 saturated carbocycles. The summed E-state index contributed by atoms with van der Waals surface area (Å²) >= 11 is 0. The van der Waals surface area contributed by atoms with E-state index in [0.29, 0.717) is 24.9 Å². The van der Waals surface area contributed by atoms with Crippen LogP contribution in [0, 0.1) is 5.82 Å². The van der Waals surface area contributed by atoms with Crippen LogP contribution in [0.1, 0.15) is 52.0 Å². The van der Waals surface area contributed by atoms with Crippen LogP contribution in [0.3, 0.4) is 0 Å². The molecule has 0 radical (unpaired) electrons. The number of benzene rings is 1. The Kier molecular flexibility index (Phi) is 6.80. The molecule has 0 bridgehead atoms. The van der Waals surface area contributed by atoms with E-state index < -0.39 is 21.5 Å². The standard InChI is InChI=1S/C19H29FN2O3S/c1-4-13-26(24,25)22-12-8-7-11-17(22)18(23)21-14-19(2,3)15-9-5-6-10-16(15)20/h5-6,9-10,17H,4,7-8,11-14H2,1-3H3,(H,21,23). The van der Waals surface area contributed by atoms with Crippen molar-refractivity contribution in [2.24, 2.45) is 0 Å². The Hall–Kier alpha value is -1.47. The van der Waals surface area contributed by atoms with Crippen LogP contribution in [0.25, 0.3) is 0 Å². The van der Waals surface area contributed by atoms with Crippen molar-refractivity contribution in [2.45, 2.75) is 57.9 Å². The maximum atomic E-state index is 14.1. The molecule has 2 rings (SSSR count). The lowest BCUT2D eigenvalue weighted by Gasteiger charge is -2.34. The normalized spacial score (nSPS) is 19.3. The molecule has 1 heterocycles. The minimum atomic E-state index is -3.43. The van der Waals surface area contributed by atoms with E-state index in [1.165, 1.54) is 10.4 Å². The molecule has 146 valence electrons. The van der Waals surface area contributed by atoms with Gasteiger partial charge in [0.1, 0.15) is 11.9 Å². The first-order valence-electron chi connectivity index (χ1n) is 9.21. The number of nitrogens with zero attached hydrogens (tertiary/aromatic N) is 1. The van der Waals surface area contributed by atoms with Crippen molar-refractivity contribution in [1.29, 1.82) is 0 Å². The number of nitrogens with one attached hydrogen (secondary N) is 1. The zero-order chi connectivity index (χ0) is 19.4. The topological polar surface area (TPSA) is 66.5 Å². The van der Waals surface area contributed by atoms with Gasteiger partial charge in [0.05, 0.1) is 5.75 Å². The van der Waals surface area contributed by atoms with Gasteiger partial charge in [-0.1, -0.05) is 45.4 Å². The van der Waals surface area contributed by atoms with Crippen molar-refractivity contribution >= 4 is 15.9 Å². The number of hydrogen-bond donors (Lipinski definition) is 1. The van der Waals surface area contributed by atoms with E-state index in [-0.39, 0.29) is 24.0 Å². The molecule has 1 aromatic carbocycles.